The largest absolute Gasteiger partial charge is 0.480 e. The van der Waals surface area contributed by atoms with Crippen LogP contribution < -0.4 is 11.5 Å². The van der Waals surface area contributed by atoms with Gasteiger partial charge in [0.05, 0.1) is 0 Å². The van der Waals surface area contributed by atoms with E-state index in [4.69, 9.17) is 26.7 Å². The Hall–Kier alpha value is -2.52. The third-order valence-corrected chi connectivity index (χ3v) is 2.86. The number of carbonyl (C=O) groups excluding carboxylic acids is 2. The van der Waals surface area contributed by atoms with Crippen molar-refractivity contribution in [3.05, 3.63) is 0 Å². The van der Waals surface area contributed by atoms with Crippen molar-refractivity contribution in [1.29, 1.82) is 5.41 Å². The zero-order valence-electron chi connectivity index (χ0n) is 13.8. The van der Waals surface area contributed by atoms with Gasteiger partial charge in [0, 0.05) is 13.6 Å². The van der Waals surface area contributed by atoms with E-state index >= 15 is 0 Å². The van der Waals surface area contributed by atoms with Crippen molar-refractivity contribution in [2.45, 2.75) is 45.3 Å². The molecule has 0 aromatic rings. The van der Waals surface area contributed by atoms with E-state index in [2.05, 4.69) is 0 Å². The lowest BCUT2D eigenvalue weighted by molar-refractivity contribution is -0.142. The first-order valence-electron chi connectivity index (χ1n) is 6.96. The molecule has 0 unspecified atom stereocenters. The Morgan fingerprint density at radius 1 is 1.26 bits per heavy atom. The summed E-state index contributed by atoms with van der Waals surface area (Å²) in [6.07, 6.45) is -0.561. The third-order valence-electron chi connectivity index (χ3n) is 2.86. The Kier molecular flexibility index (Phi) is 7.30. The fourth-order valence-corrected chi connectivity index (χ4v) is 1.71. The number of nitrogens with zero attached hydrogens (tertiary/aromatic N) is 2. The average Bonchev–Trinajstić information content (AvgIpc) is 2.34. The van der Waals surface area contributed by atoms with Gasteiger partial charge in [0.2, 0.25) is 0 Å². The van der Waals surface area contributed by atoms with Gasteiger partial charge in [-0.1, -0.05) is 0 Å². The second-order valence-corrected chi connectivity index (χ2v) is 5.96. The number of carbonyl (C=O) groups is 3. The fourth-order valence-electron chi connectivity index (χ4n) is 1.71. The van der Waals surface area contributed by atoms with Crippen LogP contribution >= 0.6 is 0 Å². The first kappa shape index (κ1) is 20.5. The molecule has 0 fully saturated rings. The number of nitrogens with two attached hydrogens (primary N) is 2. The zero-order chi connectivity index (χ0) is 18.4. The number of hydrogen-bond acceptors (Lipinski definition) is 5. The molecule has 10 heteroatoms. The molecule has 0 aromatic heterocycles. The van der Waals surface area contributed by atoms with E-state index in [1.54, 1.807) is 20.8 Å². The molecular formula is C13H25N5O5. The van der Waals surface area contributed by atoms with Crippen LogP contribution in [0.3, 0.4) is 0 Å². The minimum absolute atomic E-state index is 0.0133. The molecular weight excluding hydrogens is 306 g/mol. The molecule has 0 heterocycles. The van der Waals surface area contributed by atoms with Crippen LogP contribution in [-0.2, 0) is 9.53 Å². The summed E-state index contributed by atoms with van der Waals surface area (Å²) >= 11 is 0. The highest BCUT2D eigenvalue weighted by atomic mass is 16.6. The normalized spacial score (nSPS) is 12.2. The first-order chi connectivity index (χ1) is 10.4. The number of carboxylic acid groups (broad SMARTS) is 1. The van der Waals surface area contributed by atoms with Crippen LogP contribution in [0.4, 0.5) is 9.59 Å². The van der Waals surface area contributed by atoms with Crippen LogP contribution in [0, 0.1) is 5.41 Å². The van der Waals surface area contributed by atoms with E-state index in [-0.39, 0.29) is 19.4 Å². The number of guanidine groups is 1. The van der Waals surface area contributed by atoms with Crippen molar-refractivity contribution < 1.29 is 24.2 Å². The highest BCUT2D eigenvalue weighted by molar-refractivity contribution is 5.91. The number of amides is 3. The van der Waals surface area contributed by atoms with E-state index in [0.717, 1.165) is 9.80 Å². The SMILES string of the molecule is CN(C(N)=O)[C@@H](CCCN(C(=N)N)C(=O)OC(C)(C)C)C(=O)O. The Labute approximate surface area is 134 Å². The minimum Gasteiger partial charge on any atom is -0.480 e. The van der Waals surface area contributed by atoms with Crippen LogP contribution in [-0.4, -0.2) is 64.2 Å². The van der Waals surface area contributed by atoms with Crippen molar-refractivity contribution >= 4 is 24.1 Å². The molecule has 0 radical (unpaired) electrons. The topological polar surface area (TPSA) is 163 Å². The minimum atomic E-state index is -1.21. The van der Waals surface area contributed by atoms with E-state index in [0.29, 0.717) is 0 Å². The Morgan fingerprint density at radius 2 is 1.78 bits per heavy atom. The van der Waals surface area contributed by atoms with Gasteiger partial charge in [0.15, 0.2) is 5.96 Å². The summed E-state index contributed by atoms with van der Waals surface area (Å²) in [7, 11) is 1.28. The third kappa shape index (κ3) is 7.34. The fraction of sp³-hybridized carbons (Fsp3) is 0.692. The molecule has 0 saturated carbocycles. The number of carboxylic acids is 1. The van der Waals surface area contributed by atoms with E-state index in [1.807, 2.05) is 0 Å². The molecule has 0 rings (SSSR count). The molecule has 0 aliphatic carbocycles. The summed E-state index contributed by atoms with van der Waals surface area (Å²) in [5, 5.41) is 16.5. The maximum atomic E-state index is 11.9. The molecule has 0 spiro atoms. The number of ether oxygens (including phenoxy) is 1. The molecule has 10 nitrogen and oxygen atoms in total. The predicted molar refractivity (Wildman–Crippen MR) is 82.9 cm³/mol. The predicted octanol–water partition coefficient (Wildman–Crippen LogP) is 0.361. The summed E-state index contributed by atoms with van der Waals surface area (Å²) in [5.74, 6) is -1.72. The molecule has 6 N–H and O–H groups in total. The smallest absolute Gasteiger partial charge is 0.417 e. The number of urea groups is 1. The Morgan fingerprint density at radius 3 is 2.13 bits per heavy atom. The lowest BCUT2D eigenvalue weighted by Crippen LogP contribution is -2.47. The molecule has 0 aliphatic heterocycles. The molecule has 1 atom stereocenters. The standard InChI is InChI=1S/C13H25N5O5/c1-13(2,3)23-12(22)18(10(14)15)7-5-6-8(9(19)20)17(4)11(16)21/h8H,5-7H2,1-4H3,(H3,14,15)(H2,16,21)(H,19,20)/t8-/m0/s1. The number of rotatable bonds is 6. The summed E-state index contributed by atoms with van der Waals surface area (Å²) < 4.78 is 5.12. The van der Waals surface area contributed by atoms with E-state index < -0.39 is 35.7 Å². The maximum Gasteiger partial charge on any atom is 0.417 e. The molecule has 0 aliphatic rings. The van der Waals surface area contributed by atoms with Gasteiger partial charge in [-0.3, -0.25) is 5.41 Å². The van der Waals surface area contributed by atoms with Crippen molar-refractivity contribution in [3.63, 3.8) is 0 Å². The van der Waals surface area contributed by atoms with Gasteiger partial charge in [-0.15, -0.1) is 0 Å². The van der Waals surface area contributed by atoms with Gasteiger partial charge in [0.25, 0.3) is 0 Å². The molecule has 132 valence electrons. The Bertz CT molecular complexity index is 474. The zero-order valence-corrected chi connectivity index (χ0v) is 13.8. The van der Waals surface area contributed by atoms with Crippen LogP contribution in [0.5, 0.6) is 0 Å². The summed E-state index contributed by atoms with van der Waals surface area (Å²) in [5.41, 5.74) is 9.66. The quantitative estimate of drug-likeness (QED) is 0.405. The number of likely N-dealkylation sites (N-methyl/N-ethyl adjacent to an activating group) is 1. The highest BCUT2D eigenvalue weighted by Crippen LogP contribution is 2.12. The summed E-state index contributed by atoms with van der Waals surface area (Å²) in [6.45, 7) is 5.00. The number of primary amides is 1. The van der Waals surface area contributed by atoms with Crippen LogP contribution in [0.2, 0.25) is 0 Å². The van der Waals surface area contributed by atoms with Gasteiger partial charge in [-0.25, -0.2) is 19.3 Å². The molecule has 0 bridgehead atoms. The Balaban J connectivity index is 4.75. The van der Waals surface area contributed by atoms with Crippen molar-refractivity contribution in [2.75, 3.05) is 13.6 Å². The van der Waals surface area contributed by atoms with E-state index in [1.165, 1.54) is 7.05 Å². The number of nitrogens with one attached hydrogen (secondary N) is 1. The molecule has 0 saturated heterocycles. The molecule has 0 aromatic carbocycles. The lowest BCUT2D eigenvalue weighted by Gasteiger charge is -2.27. The average molecular weight is 331 g/mol. The summed E-state index contributed by atoms with van der Waals surface area (Å²) in [6, 6.07) is -1.99. The van der Waals surface area contributed by atoms with Crippen LogP contribution in [0.1, 0.15) is 33.6 Å². The lowest BCUT2D eigenvalue weighted by atomic mass is 10.1. The van der Waals surface area contributed by atoms with Gasteiger partial charge >= 0.3 is 18.1 Å². The highest BCUT2D eigenvalue weighted by Gasteiger charge is 2.27. The van der Waals surface area contributed by atoms with Crippen molar-refractivity contribution in [3.8, 4) is 0 Å². The van der Waals surface area contributed by atoms with Crippen molar-refractivity contribution in [2.24, 2.45) is 11.5 Å². The summed E-state index contributed by atoms with van der Waals surface area (Å²) in [4.78, 5) is 35.9. The maximum absolute atomic E-state index is 11.9. The second-order valence-electron chi connectivity index (χ2n) is 5.96. The van der Waals surface area contributed by atoms with Crippen LogP contribution in [0.25, 0.3) is 0 Å². The molecule has 23 heavy (non-hydrogen) atoms. The first-order valence-corrected chi connectivity index (χ1v) is 6.96. The van der Waals surface area contributed by atoms with Crippen LogP contribution in [0.15, 0.2) is 0 Å². The van der Waals surface area contributed by atoms with Gasteiger partial charge in [0.1, 0.15) is 11.6 Å². The number of hydrogen-bond donors (Lipinski definition) is 4. The van der Waals surface area contributed by atoms with Crippen molar-refractivity contribution in [1.82, 2.24) is 9.80 Å². The van der Waals surface area contributed by atoms with E-state index in [9.17, 15) is 14.4 Å². The number of aliphatic carboxylic acids is 1. The van der Waals surface area contributed by atoms with Gasteiger partial charge < -0.3 is 26.2 Å². The molecule has 3 amide bonds. The monoisotopic (exact) mass is 331 g/mol. The second kappa shape index (κ2) is 8.20. The van der Waals surface area contributed by atoms with Gasteiger partial charge in [-0.05, 0) is 33.6 Å². The van der Waals surface area contributed by atoms with Gasteiger partial charge in [-0.2, -0.15) is 0 Å².